The topological polar surface area (TPSA) is 55.1 Å². The molecule has 0 aromatic carbocycles. The molecule has 0 bridgehead atoms. The van der Waals surface area contributed by atoms with Crippen molar-refractivity contribution >= 4 is 11.5 Å². The molecule has 1 aliphatic carbocycles. The molecule has 2 aromatic rings. The van der Waals surface area contributed by atoms with Crippen LogP contribution in [0.15, 0.2) is 12.4 Å². The lowest BCUT2D eigenvalue weighted by molar-refractivity contribution is 0.293. The SMILES string of the molecule is Cc1nnc2c(NCC3CCCC(C)C3)nccn12. The minimum Gasteiger partial charge on any atom is -0.367 e. The third kappa shape index (κ3) is 2.55. The summed E-state index contributed by atoms with van der Waals surface area (Å²) in [7, 11) is 0. The molecule has 2 atom stereocenters. The minimum absolute atomic E-state index is 0.759. The summed E-state index contributed by atoms with van der Waals surface area (Å²) in [6, 6.07) is 0. The summed E-state index contributed by atoms with van der Waals surface area (Å²) in [6.45, 7) is 5.29. The molecule has 0 saturated heterocycles. The normalized spacial score (nSPS) is 23.7. The molecule has 0 radical (unpaired) electrons. The van der Waals surface area contributed by atoms with E-state index in [1.807, 2.05) is 17.5 Å². The second-order valence-electron chi connectivity index (χ2n) is 5.74. The molecule has 2 aromatic heterocycles. The summed E-state index contributed by atoms with van der Waals surface area (Å²) in [4.78, 5) is 4.39. The number of anilines is 1. The van der Waals surface area contributed by atoms with E-state index in [0.29, 0.717) is 0 Å². The summed E-state index contributed by atoms with van der Waals surface area (Å²) >= 11 is 0. The van der Waals surface area contributed by atoms with Gasteiger partial charge in [0.25, 0.3) is 0 Å². The van der Waals surface area contributed by atoms with Crippen molar-refractivity contribution in [3.05, 3.63) is 18.2 Å². The van der Waals surface area contributed by atoms with Gasteiger partial charge in [-0.2, -0.15) is 0 Å². The molecule has 0 amide bonds. The van der Waals surface area contributed by atoms with Gasteiger partial charge in [-0.15, -0.1) is 10.2 Å². The number of rotatable bonds is 3. The van der Waals surface area contributed by atoms with Crippen LogP contribution in [0, 0.1) is 18.8 Å². The summed E-state index contributed by atoms with van der Waals surface area (Å²) < 4.78 is 1.97. The van der Waals surface area contributed by atoms with Crippen molar-refractivity contribution in [2.24, 2.45) is 11.8 Å². The van der Waals surface area contributed by atoms with Crippen LogP contribution in [0.3, 0.4) is 0 Å². The lowest BCUT2D eigenvalue weighted by atomic mass is 9.82. The van der Waals surface area contributed by atoms with Crippen molar-refractivity contribution in [2.45, 2.75) is 39.5 Å². The Kier molecular flexibility index (Phi) is 3.36. The third-order valence-electron chi connectivity index (χ3n) is 4.10. The van der Waals surface area contributed by atoms with E-state index in [1.165, 1.54) is 25.7 Å². The van der Waals surface area contributed by atoms with Crippen molar-refractivity contribution in [1.82, 2.24) is 19.6 Å². The Labute approximate surface area is 113 Å². The van der Waals surface area contributed by atoms with E-state index in [2.05, 4.69) is 27.4 Å². The molecule has 1 fully saturated rings. The molecule has 102 valence electrons. The van der Waals surface area contributed by atoms with Crippen LogP contribution in [0.1, 0.15) is 38.4 Å². The van der Waals surface area contributed by atoms with E-state index in [4.69, 9.17) is 0 Å². The average Bonchev–Trinajstić information content (AvgIpc) is 2.79. The molecule has 0 aliphatic heterocycles. The molecule has 1 N–H and O–H groups in total. The average molecular weight is 259 g/mol. The third-order valence-corrected chi connectivity index (χ3v) is 4.10. The molecule has 1 aliphatic rings. The molecular formula is C14H21N5. The van der Waals surface area contributed by atoms with E-state index in [-0.39, 0.29) is 0 Å². The highest BCUT2D eigenvalue weighted by Gasteiger charge is 2.19. The maximum Gasteiger partial charge on any atom is 0.203 e. The molecular weight excluding hydrogens is 238 g/mol. The number of aryl methyl sites for hydroxylation is 1. The van der Waals surface area contributed by atoms with Gasteiger partial charge in [0.2, 0.25) is 5.65 Å². The Morgan fingerprint density at radius 1 is 1.37 bits per heavy atom. The Morgan fingerprint density at radius 3 is 3.11 bits per heavy atom. The highest BCUT2D eigenvalue weighted by Crippen LogP contribution is 2.28. The highest BCUT2D eigenvalue weighted by atomic mass is 15.3. The van der Waals surface area contributed by atoms with Gasteiger partial charge in [0.1, 0.15) is 5.82 Å². The van der Waals surface area contributed by atoms with E-state index in [9.17, 15) is 0 Å². The van der Waals surface area contributed by atoms with Crippen molar-refractivity contribution in [2.75, 3.05) is 11.9 Å². The zero-order valence-electron chi connectivity index (χ0n) is 11.6. The highest BCUT2D eigenvalue weighted by molar-refractivity contribution is 5.61. The smallest absolute Gasteiger partial charge is 0.203 e. The van der Waals surface area contributed by atoms with Crippen molar-refractivity contribution in [3.8, 4) is 0 Å². The van der Waals surface area contributed by atoms with E-state index < -0.39 is 0 Å². The minimum atomic E-state index is 0.759. The first-order valence-electron chi connectivity index (χ1n) is 7.14. The zero-order chi connectivity index (χ0) is 13.2. The summed E-state index contributed by atoms with van der Waals surface area (Å²) in [6.07, 6.45) is 9.09. The van der Waals surface area contributed by atoms with Gasteiger partial charge in [0, 0.05) is 18.9 Å². The number of nitrogens with zero attached hydrogens (tertiary/aromatic N) is 4. The first-order chi connectivity index (χ1) is 9.24. The number of aromatic nitrogens is 4. The second kappa shape index (κ2) is 5.15. The molecule has 1 saturated carbocycles. The molecule has 0 spiro atoms. The van der Waals surface area contributed by atoms with Gasteiger partial charge in [-0.25, -0.2) is 4.98 Å². The predicted octanol–water partition coefficient (Wildman–Crippen LogP) is 2.67. The monoisotopic (exact) mass is 259 g/mol. The fourth-order valence-corrected chi connectivity index (χ4v) is 3.05. The zero-order valence-corrected chi connectivity index (χ0v) is 11.6. The maximum atomic E-state index is 4.39. The number of hydrogen-bond donors (Lipinski definition) is 1. The van der Waals surface area contributed by atoms with Gasteiger partial charge in [-0.1, -0.05) is 19.8 Å². The quantitative estimate of drug-likeness (QED) is 0.920. The van der Waals surface area contributed by atoms with Crippen LogP contribution in [0.4, 0.5) is 5.82 Å². The molecule has 5 heteroatoms. The summed E-state index contributed by atoms with van der Waals surface area (Å²) in [5.41, 5.74) is 0.823. The van der Waals surface area contributed by atoms with Crippen LogP contribution < -0.4 is 5.32 Å². The lowest BCUT2D eigenvalue weighted by Crippen LogP contribution is -2.21. The van der Waals surface area contributed by atoms with E-state index >= 15 is 0 Å². The molecule has 2 heterocycles. The van der Waals surface area contributed by atoms with Crippen molar-refractivity contribution < 1.29 is 0 Å². The fourth-order valence-electron chi connectivity index (χ4n) is 3.05. The van der Waals surface area contributed by atoms with Gasteiger partial charge in [0.05, 0.1) is 0 Å². The van der Waals surface area contributed by atoms with E-state index in [0.717, 1.165) is 35.7 Å². The first-order valence-corrected chi connectivity index (χ1v) is 7.14. The molecule has 5 nitrogen and oxygen atoms in total. The standard InChI is InChI=1S/C14H21N5/c1-10-4-3-5-12(8-10)9-16-13-14-18-17-11(2)19(14)7-6-15-13/h6-7,10,12H,3-5,8-9H2,1-2H3,(H,15,16). The Balaban J connectivity index is 1.71. The number of fused-ring (bicyclic) bond motifs is 1. The Hall–Kier alpha value is -1.65. The molecule has 3 rings (SSSR count). The van der Waals surface area contributed by atoms with Gasteiger partial charge in [-0.3, -0.25) is 4.40 Å². The first kappa shape index (κ1) is 12.4. The van der Waals surface area contributed by atoms with Gasteiger partial charge >= 0.3 is 0 Å². The van der Waals surface area contributed by atoms with Crippen LogP contribution in [0.25, 0.3) is 5.65 Å². The molecule has 19 heavy (non-hydrogen) atoms. The Bertz CT molecular complexity index is 562. The van der Waals surface area contributed by atoms with Crippen molar-refractivity contribution in [3.63, 3.8) is 0 Å². The summed E-state index contributed by atoms with van der Waals surface area (Å²) in [5.74, 6) is 3.36. The van der Waals surface area contributed by atoms with Crippen LogP contribution >= 0.6 is 0 Å². The van der Waals surface area contributed by atoms with Crippen LogP contribution in [0.2, 0.25) is 0 Å². The van der Waals surface area contributed by atoms with Crippen LogP contribution in [0.5, 0.6) is 0 Å². The van der Waals surface area contributed by atoms with Crippen molar-refractivity contribution in [1.29, 1.82) is 0 Å². The van der Waals surface area contributed by atoms with E-state index in [1.54, 1.807) is 6.20 Å². The maximum absolute atomic E-state index is 4.39. The van der Waals surface area contributed by atoms with Gasteiger partial charge < -0.3 is 5.32 Å². The fraction of sp³-hybridized carbons (Fsp3) is 0.643. The number of hydrogen-bond acceptors (Lipinski definition) is 4. The lowest BCUT2D eigenvalue weighted by Gasteiger charge is -2.26. The van der Waals surface area contributed by atoms with Crippen LogP contribution in [-0.4, -0.2) is 26.1 Å². The second-order valence-corrected chi connectivity index (χ2v) is 5.74. The predicted molar refractivity (Wildman–Crippen MR) is 75.1 cm³/mol. The van der Waals surface area contributed by atoms with Gasteiger partial charge in [-0.05, 0) is 31.6 Å². The largest absolute Gasteiger partial charge is 0.367 e. The summed E-state index contributed by atoms with van der Waals surface area (Å²) in [5, 5.41) is 11.7. The molecule has 2 unspecified atom stereocenters. The van der Waals surface area contributed by atoms with Gasteiger partial charge in [0.15, 0.2) is 5.82 Å². The Morgan fingerprint density at radius 2 is 2.26 bits per heavy atom. The van der Waals surface area contributed by atoms with Crippen LogP contribution in [-0.2, 0) is 0 Å². The number of nitrogens with one attached hydrogen (secondary N) is 1.